The SMILES string of the molecule is CC(C)CNC[C@H]1CN(CCN(C)CC(C)C)CCO1. The normalized spacial score (nSPS) is 21.3. The van der Waals surface area contributed by atoms with Crippen molar-refractivity contribution in [3.63, 3.8) is 0 Å². The predicted octanol–water partition coefficient (Wildman–Crippen LogP) is 1.52. The van der Waals surface area contributed by atoms with Crippen LogP contribution in [0.3, 0.4) is 0 Å². The molecule has 1 heterocycles. The van der Waals surface area contributed by atoms with Gasteiger partial charge in [-0.1, -0.05) is 27.7 Å². The fraction of sp³-hybridized carbons (Fsp3) is 1.00. The van der Waals surface area contributed by atoms with Crippen LogP contribution in [-0.2, 0) is 4.74 Å². The minimum Gasteiger partial charge on any atom is -0.374 e. The molecule has 1 fully saturated rings. The lowest BCUT2D eigenvalue weighted by molar-refractivity contribution is -0.0290. The van der Waals surface area contributed by atoms with Gasteiger partial charge in [-0.25, -0.2) is 0 Å². The summed E-state index contributed by atoms with van der Waals surface area (Å²) in [5.74, 6) is 1.46. The van der Waals surface area contributed by atoms with Gasteiger partial charge in [0.25, 0.3) is 0 Å². The van der Waals surface area contributed by atoms with Gasteiger partial charge in [0.1, 0.15) is 0 Å². The number of nitrogens with one attached hydrogen (secondary N) is 1. The number of hydrogen-bond donors (Lipinski definition) is 1. The Balaban J connectivity index is 2.16. The summed E-state index contributed by atoms with van der Waals surface area (Å²) in [6.45, 7) is 17.6. The monoisotopic (exact) mass is 285 g/mol. The maximum atomic E-state index is 5.84. The molecule has 0 aliphatic carbocycles. The average molecular weight is 285 g/mol. The van der Waals surface area contributed by atoms with E-state index in [9.17, 15) is 0 Å². The second-order valence-corrected chi connectivity index (χ2v) is 7.00. The number of likely N-dealkylation sites (N-methyl/N-ethyl adjacent to an activating group) is 1. The first-order valence-electron chi connectivity index (χ1n) is 8.20. The first kappa shape index (κ1) is 17.9. The molecule has 1 N–H and O–H groups in total. The number of ether oxygens (including phenoxy) is 1. The zero-order valence-corrected chi connectivity index (χ0v) is 14.2. The molecule has 1 atom stereocenters. The molecule has 0 aromatic heterocycles. The van der Waals surface area contributed by atoms with Crippen LogP contribution >= 0.6 is 0 Å². The Labute approximate surface area is 125 Å². The molecular formula is C16H35N3O. The second-order valence-electron chi connectivity index (χ2n) is 7.00. The van der Waals surface area contributed by atoms with Crippen molar-refractivity contribution in [2.45, 2.75) is 33.8 Å². The summed E-state index contributed by atoms with van der Waals surface area (Å²) in [4.78, 5) is 4.98. The van der Waals surface area contributed by atoms with E-state index < -0.39 is 0 Å². The Morgan fingerprint density at radius 2 is 2.00 bits per heavy atom. The topological polar surface area (TPSA) is 27.7 Å². The van der Waals surface area contributed by atoms with E-state index in [2.05, 4.69) is 49.9 Å². The second kappa shape index (κ2) is 9.72. The van der Waals surface area contributed by atoms with Crippen molar-refractivity contribution in [3.05, 3.63) is 0 Å². The van der Waals surface area contributed by atoms with Crippen LogP contribution in [0.1, 0.15) is 27.7 Å². The zero-order chi connectivity index (χ0) is 15.0. The first-order valence-corrected chi connectivity index (χ1v) is 8.20. The molecule has 0 aromatic carbocycles. The van der Waals surface area contributed by atoms with Crippen LogP contribution in [0.25, 0.3) is 0 Å². The van der Waals surface area contributed by atoms with E-state index in [1.807, 2.05) is 0 Å². The summed E-state index contributed by atoms with van der Waals surface area (Å²) in [5, 5.41) is 3.50. The van der Waals surface area contributed by atoms with Crippen molar-refractivity contribution in [1.29, 1.82) is 0 Å². The smallest absolute Gasteiger partial charge is 0.0826 e. The molecular weight excluding hydrogens is 250 g/mol. The highest BCUT2D eigenvalue weighted by atomic mass is 16.5. The molecule has 0 amide bonds. The molecule has 0 saturated carbocycles. The van der Waals surface area contributed by atoms with Crippen LogP contribution < -0.4 is 5.32 Å². The van der Waals surface area contributed by atoms with Gasteiger partial charge in [0, 0.05) is 39.3 Å². The standard InChI is InChI=1S/C16H35N3O/c1-14(2)10-17-11-16-13-19(8-9-20-16)7-6-18(5)12-15(3)4/h14-17H,6-13H2,1-5H3/t16-/m0/s1. The number of hydrogen-bond acceptors (Lipinski definition) is 4. The predicted molar refractivity (Wildman–Crippen MR) is 86.2 cm³/mol. The summed E-state index contributed by atoms with van der Waals surface area (Å²) >= 11 is 0. The lowest BCUT2D eigenvalue weighted by Gasteiger charge is -2.34. The molecule has 0 bridgehead atoms. The molecule has 0 radical (unpaired) electrons. The third kappa shape index (κ3) is 8.20. The number of nitrogens with zero attached hydrogens (tertiary/aromatic N) is 2. The van der Waals surface area contributed by atoms with E-state index in [1.54, 1.807) is 0 Å². The number of rotatable bonds is 9. The minimum atomic E-state index is 0.359. The van der Waals surface area contributed by atoms with Crippen molar-refractivity contribution in [1.82, 2.24) is 15.1 Å². The van der Waals surface area contributed by atoms with Crippen molar-refractivity contribution >= 4 is 0 Å². The molecule has 0 aromatic rings. The summed E-state index contributed by atoms with van der Waals surface area (Å²) in [6, 6.07) is 0. The average Bonchev–Trinajstić information content (AvgIpc) is 2.36. The lowest BCUT2D eigenvalue weighted by Crippen LogP contribution is -2.48. The fourth-order valence-electron chi connectivity index (χ4n) is 2.67. The molecule has 1 aliphatic rings. The largest absolute Gasteiger partial charge is 0.374 e. The molecule has 0 unspecified atom stereocenters. The van der Waals surface area contributed by atoms with Crippen molar-refractivity contribution in [2.75, 3.05) is 59.5 Å². The maximum Gasteiger partial charge on any atom is 0.0826 e. The van der Waals surface area contributed by atoms with Crippen LogP contribution in [0.5, 0.6) is 0 Å². The third-order valence-corrected chi connectivity index (χ3v) is 3.62. The van der Waals surface area contributed by atoms with E-state index in [-0.39, 0.29) is 0 Å². The Hall–Kier alpha value is -0.160. The lowest BCUT2D eigenvalue weighted by atomic mass is 10.2. The Morgan fingerprint density at radius 1 is 1.25 bits per heavy atom. The Morgan fingerprint density at radius 3 is 2.65 bits per heavy atom. The minimum absolute atomic E-state index is 0.359. The highest BCUT2D eigenvalue weighted by Crippen LogP contribution is 2.05. The first-order chi connectivity index (χ1) is 9.47. The Bertz CT molecular complexity index is 246. The molecule has 0 spiro atoms. The van der Waals surface area contributed by atoms with Crippen molar-refractivity contribution < 1.29 is 4.74 Å². The van der Waals surface area contributed by atoms with E-state index in [4.69, 9.17) is 4.74 Å². The summed E-state index contributed by atoms with van der Waals surface area (Å²) in [5.41, 5.74) is 0. The van der Waals surface area contributed by atoms with Crippen molar-refractivity contribution in [2.24, 2.45) is 11.8 Å². The van der Waals surface area contributed by atoms with E-state index in [1.165, 1.54) is 6.54 Å². The van der Waals surface area contributed by atoms with Gasteiger partial charge in [0.15, 0.2) is 0 Å². The van der Waals surface area contributed by atoms with Crippen LogP contribution in [0, 0.1) is 11.8 Å². The van der Waals surface area contributed by atoms with Gasteiger partial charge >= 0.3 is 0 Å². The van der Waals surface area contributed by atoms with Crippen LogP contribution in [0.2, 0.25) is 0 Å². The highest BCUT2D eigenvalue weighted by Gasteiger charge is 2.20. The summed E-state index contributed by atoms with van der Waals surface area (Å²) < 4.78 is 5.84. The summed E-state index contributed by atoms with van der Waals surface area (Å²) in [6.07, 6.45) is 0.359. The van der Waals surface area contributed by atoms with E-state index in [0.29, 0.717) is 12.0 Å². The van der Waals surface area contributed by atoms with Crippen LogP contribution in [0.4, 0.5) is 0 Å². The molecule has 1 rings (SSSR count). The van der Waals surface area contributed by atoms with Crippen LogP contribution in [-0.4, -0.2) is 75.4 Å². The summed E-state index contributed by atoms with van der Waals surface area (Å²) in [7, 11) is 2.22. The van der Waals surface area contributed by atoms with Gasteiger partial charge < -0.3 is 15.0 Å². The van der Waals surface area contributed by atoms with Gasteiger partial charge in [-0.3, -0.25) is 4.90 Å². The van der Waals surface area contributed by atoms with Crippen LogP contribution in [0.15, 0.2) is 0 Å². The molecule has 20 heavy (non-hydrogen) atoms. The number of morpholine rings is 1. The molecule has 1 aliphatic heterocycles. The molecule has 1 saturated heterocycles. The van der Waals surface area contributed by atoms with Crippen molar-refractivity contribution in [3.8, 4) is 0 Å². The zero-order valence-electron chi connectivity index (χ0n) is 14.2. The van der Waals surface area contributed by atoms with E-state index >= 15 is 0 Å². The Kier molecular flexibility index (Phi) is 8.69. The van der Waals surface area contributed by atoms with Gasteiger partial charge in [0.2, 0.25) is 0 Å². The fourth-order valence-corrected chi connectivity index (χ4v) is 2.67. The maximum absolute atomic E-state index is 5.84. The van der Waals surface area contributed by atoms with E-state index in [0.717, 1.165) is 51.8 Å². The molecule has 4 heteroatoms. The highest BCUT2D eigenvalue weighted by molar-refractivity contribution is 4.74. The van der Waals surface area contributed by atoms with Gasteiger partial charge in [-0.2, -0.15) is 0 Å². The van der Waals surface area contributed by atoms with Gasteiger partial charge in [0.05, 0.1) is 12.7 Å². The quantitative estimate of drug-likeness (QED) is 0.695. The van der Waals surface area contributed by atoms with Gasteiger partial charge in [-0.05, 0) is 25.4 Å². The third-order valence-electron chi connectivity index (χ3n) is 3.62. The molecule has 4 nitrogen and oxygen atoms in total. The van der Waals surface area contributed by atoms with Gasteiger partial charge in [-0.15, -0.1) is 0 Å². The molecule has 120 valence electrons.